The molecular weight excluding hydrogens is 164 g/mol. The average molecular weight is 171 g/mol. The number of alkyl halides is 2. The maximum Gasteiger partial charge on any atom is 0.263 e. The van der Waals surface area contributed by atoms with Crippen molar-refractivity contribution in [1.82, 2.24) is 0 Å². The van der Waals surface area contributed by atoms with Crippen LogP contribution in [0.3, 0.4) is 0 Å². The van der Waals surface area contributed by atoms with Crippen molar-refractivity contribution in [1.29, 1.82) is 0 Å². The molecule has 0 aliphatic carbocycles. The van der Waals surface area contributed by atoms with E-state index in [-0.39, 0.29) is 16.8 Å². The summed E-state index contributed by atoms with van der Waals surface area (Å²) in [5.41, 5.74) is 5.46. The molecule has 2 N–H and O–H groups in total. The van der Waals surface area contributed by atoms with E-state index in [2.05, 4.69) is 0 Å². The Labute approximate surface area is 68.0 Å². The van der Waals surface area contributed by atoms with Crippen molar-refractivity contribution in [2.75, 3.05) is 5.73 Å². The van der Waals surface area contributed by atoms with Crippen LogP contribution in [0.15, 0.2) is 18.2 Å². The lowest BCUT2D eigenvalue weighted by atomic mass is 10.1. The molecule has 4 heteroatoms. The number of carbonyl (C=O) groups is 1. The van der Waals surface area contributed by atoms with Crippen LogP contribution in [0, 0.1) is 0 Å². The zero-order chi connectivity index (χ0) is 9.14. The highest BCUT2D eigenvalue weighted by atomic mass is 19.3. The van der Waals surface area contributed by atoms with Gasteiger partial charge in [0.15, 0.2) is 6.29 Å². The minimum Gasteiger partial charge on any atom is -0.398 e. The lowest BCUT2D eigenvalue weighted by Crippen LogP contribution is -1.94. The van der Waals surface area contributed by atoms with E-state index in [1.807, 2.05) is 0 Å². The molecule has 1 aromatic carbocycles. The standard InChI is InChI=1S/C8H7F2NO/c9-8(10)5-1-2-7(11)6(3-5)4-12/h1-4,8H,11H2. The lowest BCUT2D eigenvalue weighted by molar-refractivity contribution is 0.112. The predicted molar refractivity (Wildman–Crippen MR) is 41.2 cm³/mol. The third kappa shape index (κ3) is 1.58. The topological polar surface area (TPSA) is 43.1 Å². The minimum absolute atomic E-state index is 0.104. The van der Waals surface area contributed by atoms with Gasteiger partial charge >= 0.3 is 0 Å². The fourth-order valence-electron chi connectivity index (χ4n) is 0.831. The van der Waals surface area contributed by atoms with Crippen LogP contribution in [0.5, 0.6) is 0 Å². The van der Waals surface area contributed by atoms with Crippen molar-refractivity contribution < 1.29 is 13.6 Å². The Hall–Kier alpha value is -1.45. The van der Waals surface area contributed by atoms with E-state index < -0.39 is 6.43 Å². The Bertz CT molecular complexity index is 299. The van der Waals surface area contributed by atoms with E-state index in [0.29, 0.717) is 6.29 Å². The normalized spacial score (nSPS) is 10.2. The third-order valence-corrected chi connectivity index (χ3v) is 1.49. The van der Waals surface area contributed by atoms with Gasteiger partial charge in [-0.15, -0.1) is 0 Å². The predicted octanol–water partition coefficient (Wildman–Crippen LogP) is 2.02. The summed E-state index contributed by atoms with van der Waals surface area (Å²) < 4.78 is 24.1. The van der Waals surface area contributed by atoms with Gasteiger partial charge in [0.2, 0.25) is 0 Å². The summed E-state index contributed by atoms with van der Waals surface area (Å²) in [5.74, 6) is 0. The third-order valence-electron chi connectivity index (χ3n) is 1.49. The second-order valence-electron chi connectivity index (χ2n) is 2.31. The Morgan fingerprint density at radius 2 is 2.08 bits per heavy atom. The first-order chi connectivity index (χ1) is 5.65. The molecule has 0 fully saturated rings. The van der Waals surface area contributed by atoms with Gasteiger partial charge < -0.3 is 5.73 Å². The van der Waals surface area contributed by atoms with Gasteiger partial charge in [-0.2, -0.15) is 0 Å². The minimum atomic E-state index is -2.57. The number of benzene rings is 1. The van der Waals surface area contributed by atoms with Gasteiger partial charge in [0, 0.05) is 16.8 Å². The lowest BCUT2D eigenvalue weighted by Gasteiger charge is -2.02. The molecule has 0 unspecified atom stereocenters. The molecule has 0 saturated carbocycles. The van der Waals surface area contributed by atoms with Crippen LogP contribution in [-0.2, 0) is 0 Å². The molecule has 0 bridgehead atoms. The number of halogens is 2. The van der Waals surface area contributed by atoms with E-state index in [1.54, 1.807) is 0 Å². The fraction of sp³-hybridized carbons (Fsp3) is 0.125. The highest BCUT2D eigenvalue weighted by Crippen LogP contribution is 2.21. The maximum absolute atomic E-state index is 12.1. The van der Waals surface area contributed by atoms with Gasteiger partial charge in [-0.25, -0.2) is 8.78 Å². The first-order valence-corrected chi connectivity index (χ1v) is 3.28. The van der Waals surface area contributed by atoms with Crippen LogP contribution >= 0.6 is 0 Å². The number of nitrogen functional groups attached to an aromatic ring is 1. The van der Waals surface area contributed by atoms with Gasteiger partial charge in [0.05, 0.1) is 0 Å². The molecule has 64 valence electrons. The monoisotopic (exact) mass is 171 g/mol. The second kappa shape index (κ2) is 3.30. The van der Waals surface area contributed by atoms with Crippen LogP contribution in [0.25, 0.3) is 0 Å². The molecule has 0 saturated heterocycles. The van der Waals surface area contributed by atoms with Crippen molar-refractivity contribution in [3.8, 4) is 0 Å². The molecular formula is C8H7F2NO. The molecule has 0 spiro atoms. The van der Waals surface area contributed by atoms with Gasteiger partial charge in [-0.05, 0) is 12.1 Å². The summed E-state index contributed by atoms with van der Waals surface area (Å²) >= 11 is 0. The zero-order valence-corrected chi connectivity index (χ0v) is 6.13. The van der Waals surface area contributed by atoms with Crippen molar-refractivity contribution in [2.45, 2.75) is 6.43 Å². The number of rotatable bonds is 2. The zero-order valence-electron chi connectivity index (χ0n) is 6.13. The van der Waals surface area contributed by atoms with Gasteiger partial charge in [-0.1, -0.05) is 6.07 Å². The number of nitrogens with two attached hydrogens (primary N) is 1. The molecule has 1 aromatic rings. The summed E-state index contributed by atoms with van der Waals surface area (Å²) in [6.07, 6.45) is -2.11. The highest BCUT2D eigenvalue weighted by Gasteiger charge is 2.08. The number of hydrogen-bond acceptors (Lipinski definition) is 2. The quantitative estimate of drug-likeness (QED) is 0.546. The first kappa shape index (κ1) is 8.64. The molecule has 12 heavy (non-hydrogen) atoms. The van der Waals surface area contributed by atoms with Crippen molar-refractivity contribution >= 4 is 12.0 Å². The molecule has 0 aliphatic heterocycles. The smallest absolute Gasteiger partial charge is 0.263 e. The Balaban J connectivity index is 3.13. The Kier molecular flexibility index (Phi) is 2.38. The SMILES string of the molecule is Nc1ccc(C(F)F)cc1C=O. The molecule has 1 rings (SSSR count). The van der Waals surface area contributed by atoms with E-state index in [1.165, 1.54) is 12.1 Å². The van der Waals surface area contributed by atoms with Crippen LogP contribution in [-0.4, -0.2) is 6.29 Å². The maximum atomic E-state index is 12.1. The average Bonchev–Trinajstić information content (AvgIpc) is 2.05. The van der Waals surface area contributed by atoms with Crippen LogP contribution in [0.4, 0.5) is 14.5 Å². The summed E-state index contributed by atoms with van der Waals surface area (Å²) in [6.45, 7) is 0. The largest absolute Gasteiger partial charge is 0.398 e. The molecule has 0 amide bonds. The molecule has 0 heterocycles. The number of aldehydes is 1. The van der Waals surface area contributed by atoms with E-state index in [0.717, 1.165) is 6.07 Å². The molecule has 0 radical (unpaired) electrons. The van der Waals surface area contributed by atoms with E-state index in [9.17, 15) is 13.6 Å². The van der Waals surface area contributed by atoms with Crippen molar-refractivity contribution in [3.05, 3.63) is 29.3 Å². The summed E-state index contributed by atoms with van der Waals surface area (Å²) in [6, 6.07) is 3.59. The van der Waals surface area contributed by atoms with Crippen LogP contribution in [0.1, 0.15) is 22.3 Å². The van der Waals surface area contributed by atoms with Crippen molar-refractivity contribution in [3.63, 3.8) is 0 Å². The van der Waals surface area contributed by atoms with Gasteiger partial charge in [0.25, 0.3) is 6.43 Å². The Morgan fingerprint density at radius 1 is 1.42 bits per heavy atom. The number of anilines is 1. The summed E-state index contributed by atoms with van der Waals surface area (Å²) in [4.78, 5) is 10.3. The molecule has 2 nitrogen and oxygen atoms in total. The van der Waals surface area contributed by atoms with Crippen LogP contribution < -0.4 is 5.73 Å². The van der Waals surface area contributed by atoms with E-state index >= 15 is 0 Å². The van der Waals surface area contributed by atoms with Crippen LogP contribution in [0.2, 0.25) is 0 Å². The van der Waals surface area contributed by atoms with E-state index in [4.69, 9.17) is 5.73 Å². The van der Waals surface area contributed by atoms with Crippen molar-refractivity contribution in [2.24, 2.45) is 0 Å². The molecule has 0 atom stereocenters. The molecule has 0 aliphatic rings. The number of carbonyl (C=O) groups excluding carboxylic acids is 1. The number of hydrogen-bond donors (Lipinski definition) is 1. The van der Waals surface area contributed by atoms with Gasteiger partial charge in [0.1, 0.15) is 0 Å². The van der Waals surface area contributed by atoms with Gasteiger partial charge in [-0.3, -0.25) is 4.79 Å². The molecule has 0 aromatic heterocycles. The second-order valence-corrected chi connectivity index (χ2v) is 2.31. The summed E-state index contributed by atoms with van der Waals surface area (Å²) in [7, 11) is 0. The summed E-state index contributed by atoms with van der Waals surface area (Å²) in [5, 5.41) is 0. The first-order valence-electron chi connectivity index (χ1n) is 3.28. The Morgan fingerprint density at radius 3 is 2.58 bits per heavy atom. The fourth-order valence-corrected chi connectivity index (χ4v) is 0.831. The highest BCUT2D eigenvalue weighted by molar-refractivity contribution is 5.83.